The first-order chi connectivity index (χ1) is 13.9. The first-order valence-corrected chi connectivity index (χ1v) is 9.97. The molecule has 0 spiro atoms. The van der Waals surface area contributed by atoms with Gasteiger partial charge in [0.2, 0.25) is 0 Å². The summed E-state index contributed by atoms with van der Waals surface area (Å²) in [6.45, 7) is 4.83. The molecule has 2 amide bonds. The zero-order chi connectivity index (χ0) is 20.9. The third-order valence-electron chi connectivity index (χ3n) is 5.48. The molecule has 0 saturated carbocycles. The van der Waals surface area contributed by atoms with E-state index in [9.17, 15) is 14.0 Å². The van der Waals surface area contributed by atoms with Crippen LogP contribution in [0.25, 0.3) is 0 Å². The molecule has 1 saturated heterocycles. The molecule has 0 bridgehead atoms. The summed E-state index contributed by atoms with van der Waals surface area (Å²) in [7, 11) is 0. The van der Waals surface area contributed by atoms with Gasteiger partial charge in [0.05, 0.1) is 17.7 Å². The van der Waals surface area contributed by atoms with Gasteiger partial charge < -0.3 is 15.0 Å². The SMILES string of the molecule is CCOC(=O)[C@]1(Cc2ccccc2C)CCCN(C(=O)Nc2ccccc2F)C1. The highest BCUT2D eigenvalue weighted by Gasteiger charge is 2.45. The van der Waals surface area contributed by atoms with E-state index in [4.69, 9.17) is 4.74 Å². The number of esters is 1. The van der Waals surface area contributed by atoms with Crippen LogP contribution in [-0.4, -0.2) is 36.6 Å². The van der Waals surface area contributed by atoms with Gasteiger partial charge in [-0.1, -0.05) is 36.4 Å². The molecule has 3 rings (SSSR count). The van der Waals surface area contributed by atoms with Gasteiger partial charge in [0.25, 0.3) is 0 Å². The van der Waals surface area contributed by atoms with E-state index < -0.39 is 17.3 Å². The number of nitrogens with one attached hydrogen (secondary N) is 1. The first kappa shape index (κ1) is 20.8. The standard InChI is InChI=1S/C23H27FN2O3/c1-3-29-21(27)23(15-18-10-5-4-9-17(18)2)13-8-14-26(16-23)22(28)25-20-12-7-6-11-19(20)24/h4-7,9-12H,3,8,13-16H2,1-2H3,(H,25,28)/t23-/m0/s1. The van der Waals surface area contributed by atoms with Crippen molar-refractivity contribution in [1.82, 2.24) is 4.90 Å². The quantitative estimate of drug-likeness (QED) is 0.752. The number of ether oxygens (including phenoxy) is 1. The Labute approximate surface area is 170 Å². The molecule has 5 nitrogen and oxygen atoms in total. The number of urea groups is 1. The summed E-state index contributed by atoms with van der Waals surface area (Å²) >= 11 is 0. The number of nitrogens with zero attached hydrogens (tertiary/aromatic N) is 1. The Balaban J connectivity index is 1.83. The minimum Gasteiger partial charge on any atom is -0.466 e. The summed E-state index contributed by atoms with van der Waals surface area (Å²) in [4.78, 5) is 27.4. The van der Waals surface area contributed by atoms with Crippen LogP contribution < -0.4 is 5.32 Å². The number of likely N-dealkylation sites (tertiary alicyclic amines) is 1. The molecule has 1 atom stereocenters. The van der Waals surface area contributed by atoms with Crippen LogP contribution in [0.3, 0.4) is 0 Å². The summed E-state index contributed by atoms with van der Waals surface area (Å²) in [6.07, 6.45) is 1.82. The highest BCUT2D eigenvalue weighted by molar-refractivity contribution is 5.90. The Morgan fingerprint density at radius 3 is 2.62 bits per heavy atom. The number of rotatable bonds is 5. The highest BCUT2D eigenvalue weighted by Crippen LogP contribution is 2.36. The Morgan fingerprint density at radius 1 is 1.17 bits per heavy atom. The average molecular weight is 398 g/mol. The number of anilines is 1. The topological polar surface area (TPSA) is 58.6 Å². The van der Waals surface area contributed by atoms with Crippen LogP contribution in [-0.2, 0) is 16.0 Å². The van der Waals surface area contributed by atoms with Crippen molar-refractivity contribution in [3.05, 3.63) is 65.5 Å². The number of carbonyl (C=O) groups excluding carboxylic acids is 2. The minimum absolute atomic E-state index is 0.128. The number of hydrogen-bond acceptors (Lipinski definition) is 3. The van der Waals surface area contributed by atoms with E-state index in [0.717, 1.165) is 11.1 Å². The van der Waals surface area contributed by atoms with Crippen LogP contribution in [0.1, 0.15) is 30.9 Å². The Kier molecular flexibility index (Phi) is 6.52. The fourth-order valence-corrected chi connectivity index (χ4v) is 3.90. The van der Waals surface area contributed by atoms with Crippen LogP contribution >= 0.6 is 0 Å². The molecule has 0 aromatic heterocycles. The monoisotopic (exact) mass is 398 g/mol. The number of aryl methyl sites for hydroxylation is 1. The fourth-order valence-electron chi connectivity index (χ4n) is 3.90. The van der Waals surface area contributed by atoms with E-state index >= 15 is 0 Å². The smallest absolute Gasteiger partial charge is 0.321 e. The van der Waals surface area contributed by atoms with Crippen molar-refractivity contribution in [2.75, 3.05) is 25.0 Å². The average Bonchev–Trinajstić information content (AvgIpc) is 2.72. The van der Waals surface area contributed by atoms with Crippen LogP contribution in [0.5, 0.6) is 0 Å². The van der Waals surface area contributed by atoms with Crippen molar-refractivity contribution in [3.63, 3.8) is 0 Å². The molecule has 6 heteroatoms. The van der Waals surface area contributed by atoms with Crippen molar-refractivity contribution in [1.29, 1.82) is 0 Å². The second-order valence-electron chi connectivity index (χ2n) is 7.54. The van der Waals surface area contributed by atoms with Crippen LogP contribution in [0, 0.1) is 18.2 Å². The number of piperidine rings is 1. The molecular formula is C23H27FN2O3. The largest absolute Gasteiger partial charge is 0.466 e. The minimum atomic E-state index is -0.813. The van der Waals surface area contributed by atoms with Gasteiger partial charge in [0.15, 0.2) is 0 Å². The van der Waals surface area contributed by atoms with Gasteiger partial charge in [-0.3, -0.25) is 4.79 Å². The number of hydrogen-bond donors (Lipinski definition) is 1. The number of para-hydroxylation sites is 1. The van der Waals surface area contributed by atoms with Crippen molar-refractivity contribution in [2.24, 2.45) is 5.41 Å². The van der Waals surface area contributed by atoms with E-state index in [1.807, 2.05) is 31.2 Å². The summed E-state index contributed by atoms with van der Waals surface area (Å²) in [5.41, 5.74) is 1.48. The number of halogens is 1. The molecular weight excluding hydrogens is 371 g/mol. The molecule has 2 aromatic rings. The number of carbonyl (C=O) groups is 2. The molecule has 1 aliphatic rings. The predicted molar refractivity (Wildman–Crippen MR) is 110 cm³/mol. The fraction of sp³-hybridized carbons (Fsp3) is 0.391. The van der Waals surface area contributed by atoms with E-state index in [2.05, 4.69) is 5.32 Å². The summed E-state index contributed by atoms with van der Waals surface area (Å²) in [5, 5.41) is 2.62. The lowest BCUT2D eigenvalue weighted by molar-refractivity contribution is -0.158. The van der Waals surface area contributed by atoms with Crippen molar-refractivity contribution in [2.45, 2.75) is 33.1 Å². The van der Waals surface area contributed by atoms with Crippen LogP contribution in [0.2, 0.25) is 0 Å². The zero-order valence-electron chi connectivity index (χ0n) is 16.9. The molecule has 1 heterocycles. The third kappa shape index (κ3) is 4.75. The van der Waals surface area contributed by atoms with Crippen molar-refractivity contribution < 1.29 is 18.7 Å². The Bertz CT molecular complexity index is 886. The maximum atomic E-state index is 13.9. The zero-order valence-corrected chi connectivity index (χ0v) is 16.9. The Morgan fingerprint density at radius 2 is 1.90 bits per heavy atom. The second-order valence-corrected chi connectivity index (χ2v) is 7.54. The van der Waals surface area contributed by atoms with Crippen molar-refractivity contribution >= 4 is 17.7 Å². The predicted octanol–water partition coefficient (Wildman–Crippen LogP) is 4.55. The maximum absolute atomic E-state index is 13.9. The van der Waals surface area contributed by atoms with E-state index in [-0.39, 0.29) is 24.8 Å². The molecule has 0 radical (unpaired) electrons. The molecule has 0 unspecified atom stereocenters. The van der Waals surface area contributed by atoms with Gasteiger partial charge in [-0.25, -0.2) is 9.18 Å². The number of amides is 2. The highest BCUT2D eigenvalue weighted by atomic mass is 19.1. The van der Waals surface area contributed by atoms with E-state index in [1.165, 1.54) is 12.1 Å². The van der Waals surface area contributed by atoms with Gasteiger partial charge in [-0.2, -0.15) is 0 Å². The molecule has 0 aliphatic carbocycles. The van der Waals surface area contributed by atoms with Gasteiger partial charge >= 0.3 is 12.0 Å². The molecule has 29 heavy (non-hydrogen) atoms. The molecule has 1 aliphatic heterocycles. The second kappa shape index (κ2) is 9.07. The lowest BCUT2D eigenvalue weighted by atomic mass is 9.74. The van der Waals surface area contributed by atoms with Crippen LogP contribution in [0.4, 0.5) is 14.9 Å². The molecule has 1 fully saturated rings. The maximum Gasteiger partial charge on any atom is 0.321 e. The molecule has 1 N–H and O–H groups in total. The van der Waals surface area contributed by atoms with Gasteiger partial charge in [0.1, 0.15) is 5.82 Å². The third-order valence-corrected chi connectivity index (χ3v) is 5.48. The van der Waals surface area contributed by atoms with E-state index in [0.29, 0.717) is 25.8 Å². The molecule has 2 aromatic carbocycles. The van der Waals surface area contributed by atoms with Crippen molar-refractivity contribution in [3.8, 4) is 0 Å². The lowest BCUT2D eigenvalue weighted by Gasteiger charge is -2.41. The number of benzene rings is 2. The Hall–Kier alpha value is -2.89. The lowest BCUT2D eigenvalue weighted by Crippen LogP contribution is -2.52. The van der Waals surface area contributed by atoms with Gasteiger partial charge in [-0.05, 0) is 56.4 Å². The van der Waals surface area contributed by atoms with Crippen LogP contribution in [0.15, 0.2) is 48.5 Å². The van der Waals surface area contributed by atoms with E-state index in [1.54, 1.807) is 24.0 Å². The summed E-state index contributed by atoms with van der Waals surface area (Å²) < 4.78 is 19.3. The first-order valence-electron chi connectivity index (χ1n) is 9.97. The summed E-state index contributed by atoms with van der Waals surface area (Å²) in [5.74, 6) is -0.777. The summed E-state index contributed by atoms with van der Waals surface area (Å²) in [6, 6.07) is 13.6. The molecule has 154 valence electrons. The van der Waals surface area contributed by atoms with Gasteiger partial charge in [-0.15, -0.1) is 0 Å². The van der Waals surface area contributed by atoms with Gasteiger partial charge in [0, 0.05) is 13.1 Å². The normalized spacial score (nSPS) is 18.9.